The van der Waals surface area contributed by atoms with Gasteiger partial charge in [0.2, 0.25) is 5.91 Å². The van der Waals surface area contributed by atoms with Crippen LogP contribution in [0.5, 0.6) is 0 Å². The molecule has 0 unspecified atom stereocenters. The molecule has 2 saturated heterocycles. The summed E-state index contributed by atoms with van der Waals surface area (Å²) in [6, 6.07) is 6.37. The number of aryl methyl sites for hydroxylation is 1. The summed E-state index contributed by atoms with van der Waals surface area (Å²) in [6.07, 6.45) is 3.40. The number of benzene rings is 1. The van der Waals surface area contributed by atoms with Crippen LogP contribution in [0.15, 0.2) is 35.1 Å². The number of hydrogen-bond donors (Lipinski definition) is 1. The van der Waals surface area contributed by atoms with Gasteiger partial charge in [-0.1, -0.05) is 24.2 Å². The predicted octanol–water partition coefficient (Wildman–Crippen LogP) is 2.56. The molecular formula is C20H23FN2O4. The Morgan fingerprint density at radius 2 is 2.15 bits per heavy atom. The summed E-state index contributed by atoms with van der Waals surface area (Å²) >= 11 is 0. The zero-order chi connectivity index (χ0) is 19.1. The minimum Gasteiger partial charge on any atom is -0.387 e. The van der Waals surface area contributed by atoms with Crippen molar-refractivity contribution in [2.24, 2.45) is 0 Å². The van der Waals surface area contributed by atoms with Crippen molar-refractivity contribution in [2.75, 3.05) is 19.7 Å². The fourth-order valence-corrected chi connectivity index (χ4v) is 3.95. The van der Waals surface area contributed by atoms with Gasteiger partial charge < -0.3 is 19.3 Å². The maximum Gasteiger partial charge on any atom is 0.223 e. The van der Waals surface area contributed by atoms with Crippen LogP contribution in [0.2, 0.25) is 0 Å². The SMILES string of the molecule is CC[C@@]1(O)COC2(CN(C(=O)CCc3conc3-c3ccccc3F)C2)C1. The number of halogens is 1. The fraction of sp³-hybridized carbons (Fsp3) is 0.500. The van der Waals surface area contributed by atoms with Crippen LogP contribution in [0.4, 0.5) is 4.39 Å². The monoisotopic (exact) mass is 374 g/mol. The number of nitrogens with zero attached hydrogens (tertiary/aromatic N) is 2. The van der Waals surface area contributed by atoms with Crippen molar-refractivity contribution >= 4 is 5.91 Å². The Morgan fingerprint density at radius 3 is 2.85 bits per heavy atom. The van der Waals surface area contributed by atoms with Gasteiger partial charge in [0, 0.05) is 24.0 Å². The van der Waals surface area contributed by atoms with E-state index in [4.69, 9.17) is 9.26 Å². The summed E-state index contributed by atoms with van der Waals surface area (Å²) < 4.78 is 24.8. The summed E-state index contributed by atoms with van der Waals surface area (Å²) in [5, 5.41) is 14.2. The van der Waals surface area contributed by atoms with Crippen LogP contribution in [0.3, 0.4) is 0 Å². The molecule has 6 nitrogen and oxygen atoms in total. The molecule has 4 rings (SSSR count). The van der Waals surface area contributed by atoms with E-state index in [0.29, 0.717) is 55.8 Å². The van der Waals surface area contributed by atoms with Gasteiger partial charge in [-0.15, -0.1) is 0 Å². The van der Waals surface area contributed by atoms with Gasteiger partial charge in [-0.3, -0.25) is 4.79 Å². The van der Waals surface area contributed by atoms with Crippen molar-refractivity contribution in [3.63, 3.8) is 0 Å². The van der Waals surface area contributed by atoms with E-state index in [1.54, 1.807) is 23.1 Å². The smallest absolute Gasteiger partial charge is 0.223 e. The van der Waals surface area contributed by atoms with Crippen LogP contribution in [0.25, 0.3) is 11.3 Å². The van der Waals surface area contributed by atoms with E-state index in [9.17, 15) is 14.3 Å². The second-order valence-corrected chi connectivity index (χ2v) is 7.64. The van der Waals surface area contributed by atoms with E-state index in [2.05, 4.69) is 5.16 Å². The first kappa shape index (κ1) is 18.1. The standard InChI is InChI=1S/C20H23FN2O4/c1-2-19(25)10-20(26-13-19)11-23(12-20)17(24)8-7-14-9-27-22-18(14)15-5-3-4-6-16(15)21/h3-6,9,25H,2,7-8,10-13H2,1H3/t19-/m0/s1. The molecule has 0 radical (unpaired) electrons. The topological polar surface area (TPSA) is 75.8 Å². The highest BCUT2D eigenvalue weighted by Crippen LogP contribution is 2.41. The summed E-state index contributed by atoms with van der Waals surface area (Å²) in [5.41, 5.74) is 0.353. The van der Waals surface area contributed by atoms with Crippen LogP contribution in [0, 0.1) is 5.82 Å². The Kier molecular flexibility index (Phi) is 4.52. The molecule has 1 aromatic heterocycles. The van der Waals surface area contributed by atoms with Crippen molar-refractivity contribution in [1.82, 2.24) is 10.1 Å². The number of aromatic nitrogens is 1. The Balaban J connectivity index is 1.34. The molecular weight excluding hydrogens is 351 g/mol. The van der Waals surface area contributed by atoms with Crippen LogP contribution in [-0.2, 0) is 16.0 Å². The van der Waals surface area contributed by atoms with Gasteiger partial charge in [-0.05, 0) is 25.0 Å². The molecule has 7 heteroatoms. The molecule has 27 heavy (non-hydrogen) atoms. The normalized spacial score (nSPS) is 23.6. The van der Waals surface area contributed by atoms with Crippen molar-refractivity contribution in [1.29, 1.82) is 0 Å². The number of carbonyl (C=O) groups excluding carboxylic acids is 1. The van der Waals surface area contributed by atoms with E-state index in [0.717, 1.165) is 0 Å². The van der Waals surface area contributed by atoms with Gasteiger partial charge >= 0.3 is 0 Å². The largest absolute Gasteiger partial charge is 0.387 e. The molecule has 1 atom stereocenters. The highest BCUT2D eigenvalue weighted by Gasteiger charge is 2.55. The van der Waals surface area contributed by atoms with Crippen molar-refractivity contribution in [2.45, 2.75) is 43.8 Å². The lowest BCUT2D eigenvalue weighted by atomic mass is 9.83. The number of carbonyl (C=O) groups is 1. The molecule has 2 aromatic rings. The highest BCUT2D eigenvalue weighted by molar-refractivity contribution is 5.78. The van der Waals surface area contributed by atoms with Crippen molar-refractivity contribution in [3.8, 4) is 11.3 Å². The molecule has 1 N–H and O–H groups in total. The molecule has 2 aliphatic heterocycles. The molecule has 1 amide bonds. The molecule has 0 bridgehead atoms. The van der Waals surface area contributed by atoms with Crippen LogP contribution in [0.1, 0.15) is 31.7 Å². The van der Waals surface area contributed by atoms with Crippen molar-refractivity contribution < 1.29 is 23.6 Å². The molecule has 144 valence electrons. The minimum atomic E-state index is -0.772. The summed E-state index contributed by atoms with van der Waals surface area (Å²) in [6.45, 7) is 3.30. The molecule has 1 spiro atoms. The molecule has 2 fully saturated rings. The zero-order valence-electron chi connectivity index (χ0n) is 15.3. The molecule has 1 aromatic carbocycles. The van der Waals surface area contributed by atoms with Gasteiger partial charge in [-0.25, -0.2) is 4.39 Å². The molecule has 3 heterocycles. The molecule has 0 saturated carbocycles. The maximum atomic E-state index is 14.0. The number of aliphatic hydroxyl groups is 1. The average Bonchev–Trinajstić information content (AvgIpc) is 3.24. The van der Waals surface area contributed by atoms with E-state index in [1.807, 2.05) is 6.92 Å². The lowest BCUT2D eigenvalue weighted by Crippen LogP contribution is -2.63. The lowest BCUT2D eigenvalue weighted by molar-refractivity contribution is -0.157. The third-order valence-corrected chi connectivity index (χ3v) is 5.65. The molecule has 0 aliphatic carbocycles. The van der Waals surface area contributed by atoms with E-state index >= 15 is 0 Å². The first-order valence-corrected chi connectivity index (χ1v) is 9.26. The number of ether oxygens (including phenoxy) is 1. The maximum absolute atomic E-state index is 14.0. The van der Waals surface area contributed by atoms with Crippen LogP contribution in [-0.4, -0.2) is 52.0 Å². The lowest BCUT2D eigenvalue weighted by Gasteiger charge is -2.47. The van der Waals surface area contributed by atoms with Crippen molar-refractivity contribution in [3.05, 3.63) is 41.9 Å². The Hall–Kier alpha value is -2.25. The van der Waals surface area contributed by atoms with Gasteiger partial charge in [0.25, 0.3) is 0 Å². The van der Waals surface area contributed by atoms with Gasteiger partial charge in [-0.2, -0.15) is 0 Å². The summed E-state index contributed by atoms with van der Waals surface area (Å²) in [4.78, 5) is 14.2. The Morgan fingerprint density at radius 1 is 1.37 bits per heavy atom. The van der Waals surface area contributed by atoms with E-state index in [1.165, 1.54) is 12.3 Å². The van der Waals surface area contributed by atoms with Crippen LogP contribution >= 0.6 is 0 Å². The second kappa shape index (κ2) is 6.73. The Labute approximate surface area is 156 Å². The van der Waals surface area contributed by atoms with Gasteiger partial charge in [0.1, 0.15) is 23.4 Å². The number of hydrogen-bond acceptors (Lipinski definition) is 5. The Bertz CT molecular complexity index is 846. The number of likely N-dealkylation sites (tertiary alicyclic amines) is 1. The van der Waals surface area contributed by atoms with E-state index in [-0.39, 0.29) is 18.1 Å². The number of amides is 1. The minimum absolute atomic E-state index is 0.0110. The van der Waals surface area contributed by atoms with Crippen LogP contribution < -0.4 is 0 Å². The zero-order valence-corrected chi connectivity index (χ0v) is 15.3. The first-order valence-electron chi connectivity index (χ1n) is 9.26. The van der Waals surface area contributed by atoms with Gasteiger partial charge in [0.15, 0.2) is 0 Å². The summed E-state index contributed by atoms with van der Waals surface area (Å²) in [5.74, 6) is -0.359. The highest BCUT2D eigenvalue weighted by atomic mass is 19.1. The third kappa shape index (κ3) is 3.37. The average molecular weight is 374 g/mol. The third-order valence-electron chi connectivity index (χ3n) is 5.65. The van der Waals surface area contributed by atoms with Gasteiger partial charge in [0.05, 0.1) is 25.3 Å². The molecule has 2 aliphatic rings. The van der Waals surface area contributed by atoms with E-state index < -0.39 is 11.2 Å². The number of rotatable bonds is 5. The second-order valence-electron chi connectivity index (χ2n) is 7.64. The summed E-state index contributed by atoms with van der Waals surface area (Å²) in [7, 11) is 0. The predicted molar refractivity (Wildman–Crippen MR) is 95.3 cm³/mol. The fourth-order valence-electron chi connectivity index (χ4n) is 3.95. The quantitative estimate of drug-likeness (QED) is 0.871. The first-order chi connectivity index (χ1) is 12.9.